The fourth-order valence-electron chi connectivity index (χ4n) is 4.37. The highest BCUT2D eigenvalue weighted by Gasteiger charge is 2.28. The van der Waals surface area contributed by atoms with E-state index in [2.05, 4.69) is 15.0 Å². The topological polar surface area (TPSA) is 71.9 Å². The number of hydrogen-bond donors (Lipinski definition) is 0. The van der Waals surface area contributed by atoms with Crippen LogP contribution in [0.3, 0.4) is 0 Å². The zero-order valence-corrected chi connectivity index (χ0v) is 17.4. The Labute approximate surface area is 181 Å². The van der Waals surface area contributed by atoms with Gasteiger partial charge in [0.2, 0.25) is 0 Å². The van der Waals surface area contributed by atoms with E-state index in [1.807, 2.05) is 60.5 Å². The Morgan fingerprint density at radius 1 is 0.968 bits per heavy atom. The van der Waals surface area contributed by atoms with Crippen LogP contribution in [-0.4, -0.2) is 43.8 Å². The molecular weight excluding hydrogens is 386 g/mol. The Balaban J connectivity index is 1.38. The fraction of sp³-hybridized carbons (Fsp3) is 0.240. The van der Waals surface area contributed by atoms with Crippen LogP contribution in [0.25, 0.3) is 22.0 Å². The predicted molar refractivity (Wildman–Crippen MR) is 120 cm³/mol. The summed E-state index contributed by atoms with van der Waals surface area (Å²) in [5.41, 5.74) is 4.77. The number of pyridine rings is 2. The minimum absolute atomic E-state index is 0.0743. The number of amides is 1. The van der Waals surface area contributed by atoms with Crippen molar-refractivity contribution < 1.29 is 4.79 Å². The van der Waals surface area contributed by atoms with Crippen LogP contribution in [0.2, 0.25) is 0 Å². The average molecular weight is 409 g/mol. The van der Waals surface area contributed by atoms with Gasteiger partial charge < -0.3 is 4.90 Å². The molecular formula is C25H23N5O. The van der Waals surface area contributed by atoms with Crippen molar-refractivity contribution in [3.8, 4) is 11.1 Å². The highest BCUT2D eigenvalue weighted by molar-refractivity contribution is 6.06. The third-order valence-corrected chi connectivity index (χ3v) is 5.97. The summed E-state index contributed by atoms with van der Waals surface area (Å²) in [6.07, 6.45) is 9.00. The van der Waals surface area contributed by atoms with Gasteiger partial charge in [-0.05, 0) is 55.7 Å². The van der Waals surface area contributed by atoms with Gasteiger partial charge in [0.25, 0.3) is 5.91 Å². The molecule has 0 bridgehead atoms. The van der Waals surface area contributed by atoms with Crippen molar-refractivity contribution in [2.45, 2.75) is 25.7 Å². The van der Waals surface area contributed by atoms with Crippen LogP contribution in [0.1, 0.15) is 40.6 Å². The molecule has 4 aromatic rings. The molecule has 6 heteroatoms. The van der Waals surface area contributed by atoms with Crippen LogP contribution < -0.4 is 0 Å². The zero-order valence-electron chi connectivity index (χ0n) is 17.4. The van der Waals surface area contributed by atoms with Crippen LogP contribution in [0.5, 0.6) is 0 Å². The van der Waals surface area contributed by atoms with Crippen LogP contribution >= 0.6 is 0 Å². The summed E-state index contributed by atoms with van der Waals surface area (Å²) >= 11 is 0. The minimum atomic E-state index is 0.0743. The molecule has 0 spiro atoms. The highest BCUT2D eigenvalue weighted by atomic mass is 16.2. The molecule has 0 N–H and O–H groups in total. The highest BCUT2D eigenvalue weighted by Crippen LogP contribution is 2.34. The fourth-order valence-corrected chi connectivity index (χ4v) is 4.37. The van der Waals surface area contributed by atoms with Crippen molar-refractivity contribution in [3.05, 3.63) is 84.3 Å². The first kappa shape index (κ1) is 19.3. The summed E-state index contributed by atoms with van der Waals surface area (Å²) in [6.45, 7) is 3.34. The number of rotatable bonds is 3. The van der Waals surface area contributed by atoms with Gasteiger partial charge in [0.15, 0.2) is 0 Å². The quantitative estimate of drug-likeness (QED) is 0.501. The van der Waals surface area contributed by atoms with Gasteiger partial charge in [0.1, 0.15) is 5.82 Å². The molecule has 5 rings (SSSR count). The molecule has 1 amide bonds. The maximum absolute atomic E-state index is 13.3. The van der Waals surface area contributed by atoms with Crippen molar-refractivity contribution in [3.63, 3.8) is 0 Å². The van der Waals surface area contributed by atoms with Crippen molar-refractivity contribution in [2.24, 2.45) is 0 Å². The summed E-state index contributed by atoms with van der Waals surface area (Å²) < 4.78 is 0. The number of benzene rings is 1. The summed E-state index contributed by atoms with van der Waals surface area (Å²) in [6, 6.07) is 13.6. The maximum atomic E-state index is 13.3. The van der Waals surface area contributed by atoms with Gasteiger partial charge >= 0.3 is 0 Å². The molecule has 1 saturated heterocycles. The number of carbonyl (C=O) groups is 1. The summed E-state index contributed by atoms with van der Waals surface area (Å²) in [5.74, 6) is 1.14. The maximum Gasteiger partial charge on any atom is 0.254 e. The Kier molecular flexibility index (Phi) is 5.12. The van der Waals surface area contributed by atoms with Gasteiger partial charge in [-0.3, -0.25) is 14.8 Å². The molecule has 6 nitrogen and oxygen atoms in total. The van der Waals surface area contributed by atoms with Crippen LogP contribution in [0.15, 0.2) is 67.3 Å². The molecule has 0 aliphatic carbocycles. The Bertz CT molecular complexity index is 1230. The summed E-state index contributed by atoms with van der Waals surface area (Å²) in [4.78, 5) is 32.9. The molecule has 1 fully saturated rings. The predicted octanol–water partition coefficient (Wildman–Crippen LogP) is 4.42. The molecule has 4 heterocycles. The van der Waals surface area contributed by atoms with E-state index < -0.39 is 0 Å². The first-order valence-electron chi connectivity index (χ1n) is 10.6. The molecule has 3 aromatic heterocycles. The van der Waals surface area contributed by atoms with Crippen molar-refractivity contribution in [1.82, 2.24) is 24.8 Å². The van der Waals surface area contributed by atoms with Gasteiger partial charge in [0.05, 0.1) is 11.2 Å². The van der Waals surface area contributed by atoms with Crippen LogP contribution in [0, 0.1) is 6.92 Å². The molecule has 0 unspecified atom stereocenters. The Hall–Kier alpha value is -3.67. The minimum Gasteiger partial charge on any atom is -0.339 e. The third kappa shape index (κ3) is 3.77. The first-order chi connectivity index (χ1) is 15.2. The number of nitrogens with zero attached hydrogens (tertiary/aromatic N) is 5. The van der Waals surface area contributed by atoms with Gasteiger partial charge in [-0.25, -0.2) is 9.97 Å². The van der Waals surface area contributed by atoms with Crippen molar-refractivity contribution in [1.29, 1.82) is 0 Å². The van der Waals surface area contributed by atoms with Gasteiger partial charge in [-0.15, -0.1) is 0 Å². The van der Waals surface area contributed by atoms with E-state index in [4.69, 9.17) is 4.98 Å². The molecule has 0 saturated carbocycles. The van der Waals surface area contributed by atoms with Gasteiger partial charge in [-0.1, -0.05) is 12.1 Å². The Morgan fingerprint density at radius 2 is 1.77 bits per heavy atom. The number of piperidine rings is 1. The first-order valence-corrected chi connectivity index (χ1v) is 10.6. The second kappa shape index (κ2) is 8.22. The van der Waals surface area contributed by atoms with E-state index >= 15 is 0 Å². The lowest BCUT2D eigenvalue weighted by Crippen LogP contribution is -2.38. The molecule has 154 valence electrons. The number of aryl methyl sites for hydroxylation is 1. The van der Waals surface area contributed by atoms with E-state index in [1.165, 1.54) is 0 Å². The van der Waals surface area contributed by atoms with E-state index in [9.17, 15) is 4.79 Å². The lowest BCUT2D eigenvalue weighted by atomic mass is 9.88. The second-order valence-electron chi connectivity index (χ2n) is 7.89. The number of aromatic nitrogens is 4. The number of hydrogen-bond acceptors (Lipinski definition) is 5. The zero-order chi connectivity index (χ0) is 21.2. The summed E-state index contributed by atoms with van der Waals surface area (Å²) in [5, 5.41) is 0.906. The van der Waals surface area contributed by atoms with Gasteiger partial charge in [-0.2, -0.15) is 0 Å². The number of likely N-dealkylation sites (tertiary alicyclic amines) is 1. The lowest BCUT2D eigenvalue weighted by Gasteiger charge is -2.32. The lowest BCUT2D eigenvalue weighted by molar-refractivity contribution is 0.0714. The molecule has 0 radical (unpaired) electrons. The van der Waals surface area contributed by atoms with E-state index in [0.717, 1.165) is 52.0 Å². The molecule has 1 aliphatic heterocycles. The molecule has 1 aromatic carbocycles. The van der Waals surface area contributed by atoms with Crippen molar-refractivity contribution in [2.75, 3.05) is 13.1 Å². The second-order valence-corrected chi connectivity index (χ2v) is 7.89. The number of fused-ring (bicyclic) bond motifs is 1. The normalized spacial score (nSPS) is 14.7. The van der Waals surface area contributed by atoms with Crippen molar-refractivity contribution >= 4 is 16.8 Å². The molecule has 1 aliphatic rings. The van der Waals surface area contributed by atoms with Crippen LogP contribution in [-0.2, 0) is 0 Å². The largest absolute Gasteiger partial charge is 0.339 e. The standard InChI is InChI=1S/C25H23N5O/c1-17-28-16-22(18-7-12-26-13-8-18)24(29-17)19-9-14-30(15-10-19)25(31)21-4-2-6-23-20(21)5-3-11-27-23/h2-8,11-13,16,19H,9-10,14-15H2,1H3. The molecule has 0 atom stereocenters. The smallest absolute Gasteiger partial charge is 0.254 e. The summed E-state index contributed by atoms with van der Waals surface area (Å²) in [7, 11) is 0. The van der Waals surface area contributed by atoms with E-state index in [-0.39, 0.29) is 5.91 Å². The number of carbonyl (C=O) groups excluding carboxylic acids is 1. The third-order valence-electron chi connectivity index (χ3n) is 5.97. The average Bonchev–Trinajstić information content (AvgIpc) is 2.84. The van der Waals surface area contributed by atoms with E-state index in [1.54, 1.807) is 18.6 Å². The van der Waals surface area contributed by atoms with Gasteiger partial charge in [0, 0.05) is 60.3 Å². The molecule has 31 heavy (non-hydrogen) atoms. The SMILES string of the molecule is Cc1ncc(-c2ccncc2)c(C2CCN(C(=O)c3cccc4ncccc34)CC2)n1. The van der Waals surface area contributed by atoms with Crippen LogP contribution in [0.4, 0.5) is 0 Å². The Morgan fingerprint density at radius 3 is 2.58 bits per heavy atom. The van der Waals surface area contributed by atoms with E-state index in [0.29, 0.717) is 19.0 Å². The monoisotopic (exact) mass is 409 g/mol.